The summed E-state index contributed by atoms with van der Waals surface area (Å²) in [5, 5.41) is 3.39. The minimum absolute atomic E-state index is 0. The van der Waals surface area contributed by atoms with Crippen molar-refractivity contribution in [2.24, 2.45) is 0 Å². The smallest absolute Gasteiger partial charge is 0.0237 e. The van der Waals surface area contributed by atoms with Gasteiger partial charge in [-0.3, -0.25) is 4.90 Å². The second-order valence-corrected chi connectivity index (χ2v) is 4.79. The molecule has 0 bridgehead atoms. The van der Waals surface area contributed by atoms with Crippen LogP contribution in [0.4, 0.5) is 0 Å². The molecule has 1 atom stereocenters. The third-order valence-electron chi connectivity index (χ3n) is 3.57. The van der Waals surface area contributed by atoms with Gasteiger partial charge in [0, 0.05) is 19.1 Å². The molecule has 1 heterocycles. The van der Waals surface area contributed by atoms with Crippen molar-refractivity contribution in [3.05, 3.63) is 35.4 Å². The number of benzene rings is 1. The van der Waals surface area contributed by atoms with Crippen molar-refractivity contribution in [2.75, 3.05) is 20.1 Å². The first-order valence-corrected chi connectivity index (χ1v) is 6.23. The van der Waals surface area contributed by atoms with Crippen LogP contribution in [0.3, 0.4) is 0 Å². The van der Waals surface area contributed by atoms with E-state index in [-0.39, 0.29) is 12.4 Å². The second kappa shape index (κ2) is 7.00. The summed E-state index contributed by atoms with van der Waals surface area (Å²) in [6.45, 7) is 5.73. The van der Waals surface area contributed by atoms with E-state index in [0.717, 1.165) is 6.54 Å². The zero-order valence-corrected chi connectivity index (χ0v) is 11.6. The quantitative estimate of drug-likeness (QED) is 0.892. The number of halogens is 1. The molecular formula is C14H23ClN2. The lowest BCUT2D eigenvalue weighted by Crippen LogP contribution is -2.43. The molecule has 17 heavy (non-hydrogen) atoms. The van der Waals surface area contributed by atoms with Crippen LogP contribution in [0.1, 0.15) is 24.0 Å². The summed E-state index contributed by atoms with van der Waals surface area (Å²) in [7, 11) is 2.07. The molecule has 1 N–H and O–H groups in total. The zero-order valence-electron chi connectivity index (χ0n) is 10.8. The van der Waals surface area contributed by atoms with E-state index in [1.54, 1.807) is 0 Å². The highest BCUT2D eigenvalue weighted by Crippen LogP contribution is 2.15. The number of hydrogen-bond donors (Lipinski definition) is 1. The monoisotopic (exact) mass is 254 g/mol. The Morgan fingerprint density at radius 1 is 1.35 bits per heavy atom. The van der Waals surface area contributed by atoms with Crippen LogP contribution >= 0.6 is 12.4 Å². The molecule has 0 aliphatic carbocycles. The van der Waals surface area contributed by atoms with E-state index >= 15 is 0 Å². The number of likely N-dealkylation sites (tertiary alicyclic amines) is 1. The molecule has 1 aromatic carbocycles. The van der Waals surface area contributed by atoms with Gasteiger partial charge < -0.3 is 5.32 Å². The highest BCUT2D eigenvalue weighted by Gasteiger charge is 2.18. The number of aryl methyl sites for hydroxylation is 1. The van der Waals surface area contributed by atoms with E-state index in [1.165, 1.54) is 37.1 Å². The summed E-state index contributed by atoms with van der Waals surface area (Å²) in [5.41, 5.74) is 2.88. The third kappa shape index (κ3) is 3.98. The van der Waals surface area contributed by atoms with E-state index in [2.05, 4.69) is 48.5 Å². The lowest BCUT2D eigenvalue weighted by Gasteiger charge is -2.32. The summed E-state index contributed by atoms with van der Waals surface area (Å²) in [5.74, 6) is 0. The maximum atomic E-state index is 3.39. The lowest BCUT2D eigenvalue weighted by atomic mass is 10.0. The topological polar surface area (TPSA) is 15.3 Å². The molecule has 1 fully saturated rings. The molecule has 1 unspecified atom stereocenters. The van der Waals surface area contributed by atoms with Gasteiger partial charge >= 0.3 is 0 Å². The first-order valence-electron chi connectivity index (χ1n) is 6.23. The largest absolute Gasteiger partial charge is 0.316 e. The Morgan fingerprint density at radius 3 is 2.82 bits per heavy atom. The van der Waals surface area contributed by atoms with Gasteiger partial charge in [-0.25, -0.2) is 0 Å². The van der Waals surface area contributed by atoms with Crippen molar-refractivity contribution in [3.8, 4) is 0 Å². The predicted molar refractivity (Wildman–Crippen MR) is 75.8 cm³/mol. The Balaban J connectivity index is 0.00000144. The number of nitrogens with zero attached hydrogens (tertiary/aromatic N) is 1. The average Bonchev–Trinajstić information content (AvgIpc) is 2.32. The predicted octanol–water partition coefficient (Wildman–Crippen LogP) is 2.60. The fraction of sp³-hybridized carbons (Fsp3) is 0.571. The van der Waals surface area contributed by atoms with Gasteiger partial charge in [-0.1, -0.05) is 24.3 Å². The maximum Gasteiger partial charge on any atom is 0.0237 e. The Hall–Kier alpha value is -0.570. The molecule has 1 saturated heterocycles. The number of nitrogens with one attached hydrogen (secondary N) is 1. The molecule has 1 aromatic rings. The van der Waals surface area contributed by atoms with Crippen molar-refractivity contribution in [2.45, 2.75) is 32.4 Å². The van der Waals surface area contributed by atoms with E-state index < -0.39 is 0 Å². The Morgan fingerprint density at radius 2 is 2.12 bits per heavy atom. The van der Waals surface area contributed by atoms with Crippen LogP contribution in [0.25, 0.3) is 0 Å². The first-order chi connectivity index (χ1) is 7.79. The minimum Gasteiger partial charge on any atom is -0.316 e. The molecule has 0 aromatic heterocycles. The second-order valence-electron chi connectivity index (χ2n) is 4.79. The molecular weight excluding hydrogens is 232 g/mol. The van der Waals surface area contributed by atoms with Gasteiger partial charge in [-0.05, 0) is 44.5 Å². The van der Waals surface area contributed by atoms with Crippen molar-refractivity contribution in [1.29, 1.82) is 0 Å². The van der Waals surface area contributed by atoms with Gasteiger partial charge in [0.15, 0.2) is 0 Å². The third-order valence-corrected chi connectivity index (χ3v) is 3.57. The molecule has 1 aliphatic heterocycles. The van der Waals surface area contributed by atoms with Crippen LogP contribution in [-0.4, -0.2) is 31.1 Å². The van der Waals surface area contributed by atoms with Crippen molar-refractivity contribution in [3.63, 3.8) is 0 Å². The molecule has 2 rings (SSSR count). The first kappa shape index (κ1) is 14.5. The van der Waals surface area contributed by atoms with E-state index in [1.807, 2.05) is 0 Å². The Kier molecular flexibility index (Phi) is 5.96. The molecule has 0 saturated carbocycles. The highest BCUT2D eigenvalue weighted by atomic mass is 35.5. The van der Waals surface area contributed by atoms with Crippen molar-refractivity contribution < 1.29 is 0 Å². The van der Waals surface area contributed by atoms with Gasteiger partial charge in [0.25, 0.3) is 0 Å². The fourth-order valence-corrected chi connectivity index (χ4v) is 2.46. The van der Waals surface area contributed by atoms with Gasteiger partial charge in [0.1, 0.15) is 0 Å². The minimum atomic E-state index is 0. The van der Waals surface area contributed by atoms with Gasteiger partial charge in [-0.2, -0.15) is 0 Å². The van der Waals surface area contributed by atoms with Crippen LogP contribution in [0.2, 0.25) is 0 Å². The lowest BCUT2D eigenvalue weighted by molar-refractivity contribution is 0.187. The van der Waals surface area contributed by atoms with Crippen LogP contribution in [0, 0.1) is 6.92 Å². The van der Waals surface area contributed by atoms with Gasteiger partial charge in [0.2, 0.25) is 0 Å². The molecule has 0 spiro atoms. The Labute approximate surface area is 111 Å². The number of likely N-dealkylation sites (N-methyl/N-ethyl adjacent to an activating group) is 1. The highest BCUT2D eigenvalue weighted by molar-refractivity contribution is 5.85. The SMILES string of the molecule is CNC1CCCN(Cc2ccccc2C)C1.Cl. The number of hydrogen-bond acceptors (Lipinski definition) is 2. The fourth-order valence-electron chi connectivity index (χ4n) is 2.46. The summed E-state index contributed by atoms with van der Waals surface area (Å²) < 4.78 is 0. The van der Waals surface area contributed by atoms with Crippen LogP contribution in [0.15, 0.2) is 24.3 Å². The summed E-state index contributed by atoms with van der Waals surface area (Å²) in [6, 6.07) is 9.39. The summed E-state index contributed by atoms with van der Waals surface area (Å²) >= 11 is 0. The number of rotatable bonds is 3. The number of piperidine rings is 1. The summed E-state index contributed by atoms with van der Waals surface area (Å²) in [4.78, 5) is 2.56. The molecule has 2 nitrogen and oxygen atoms in total. The van der Waals surface area contributed by atoms with Crippen LogP contribution in [-0.2, 0) is 6.54 Å². The molecule has 96 valence electrons. The van der Waals surface area contributed by atoms with Crippen LogP contribution in [0.5, 0.6) is 0 Å². The molecule has 0 amide bonds. The van der Waals surface area contributed by atoms with E-state index in [4.69, 9.17) is 0 Å². The van der Waals surface area contributed by atoms with Gasteiger partial charge in [-0.15, -0.1) is 12.4 Å². The average molecular weight is 255 g/mol. The Bertz CT molecular complexity index is 341. The summed E-state index contributed by atoms with van der Waals surface area (Å²) in [6.07, 6.45) is 2.64. The standard InChI is InChI=1S/C14H22N2.ClH/c1-12-6-3-4-7-13(12)10-16-9-5-8-14(11-16)15-2;/h3-4,6-7,14-15H,5,8-11H2,1-2H3;1H. The van der Waals surface area contributed by atoms with Crippen molar-refractivity contribution >= 4 is 12.4 Å². The van der Waals surface area contributed by atoms with E-state index in [0.29, 0.717) is 6.04 Å². The maximum absolute atomic E-state index is 3.39. The zero-order chi connectivity index (χ0) is 11.4. The molecule has 3 heteroatoms. The van der Waals surface area contributed by atoms with Crippen LogP contribution < -0.4 is 5.32 Å². The van der Waals surface area contributed by atoms with Crippen molar-refractivity contribution in [1.82, 2.24) is 10.2 Å². The molecule has 1 aliphatic rings. The molecule has 0 radical (unpaired) electrons. The van der Waals surface area contributed by atoms with Gasteiger partial charge in [0.05, 0.1) is 0 Å². The van der Waals surface area contributed by atoms with E-state index in [9.17, 15) is 0 Å². The normalized spacial score (nSPS) is 20.9.